The molecule has 0 aromatic carbocycles. The number of halogens is 3. The number of carbonyl (C=O) groups excluding carboxylic acids is 2. The molecular weight excluding hydrogens is 337 g/mol. The molecule has 25 heavy (non-hydrogen) atoms. The Hall–Kier alpha value is -1.27. The van der Waals surface area contributed by atoms with Crippen molar-refractivity contribution in [3.05, 3.63) is 0 Å². The van der Waals surface area contributed by atoms with Crippen LogP contribution in [0.4, 0.5) is 13.2 Å². The molecule has 0 radical (unpaired) electrons. The Kier molecular flexibility index (Phi) is 7.55. The van der Waals surface area contributed by atoms with Crippen LogP contribution in [0.2, 0.25) is 0 Å². The maximum absolute atomic E-state index is 13.2. The fourth-order valence-corrected chi connectivity index (χ4v) is 1.86. The fourth-order valence-electron chi connectivity index (χ4n) is 1.86. The van der Waals surface area contributed by atoms with Crippen LogP contribution in [0.1, 0.15) is 61.8 Å². The second-order valence-electron chi connectivity index (χ2n) is 9.22. The maximum Gasteiger partial charge on any atom is 0.392 e. The number of esters is 2. The van der Waals surface area contributed by atoms with Gasteiger partial charge in [-0.1, -0.05) is 48.5 Å². The SMILES string of the molecule is CC(C(F)(F)F)C(C)(CC(=O)OCC(C)(C)C)C(=O)OCC(C)(C)C. The van der Waals surface area contributed by atoms with Gasteiger partial charge in [-0.05, 0) is 17.8 Å². The summed E-state index contributed by atoms with van der Waals surface area (Å²) in [5.74, 6) is -3.93. The van der Waals surface area contributed by atoms with Crippen LogP contribution in [-0.4, -0.2) is 31.3 Å². The van der Waals surface area contributed by atoms with Crippen LogP contribution in [0.3, 0.4) is 0 Å². The summed E-state index contributed by atoms with van der Waals surface area (Å²) in [7, 11) is 0. The molecule has 0 aliphatic heterocycles. The van der Waals surface area contributed by atoms with E-state index in [1.165, 1.54) is 0 Å². The maximum atomic E-state index is 13.2. The third-order valence-corrected chi connectivity index (χ3v) is 3.73. The molecule has 0 bridgehead atoms. The number of hydrogen-bond acceptors (Lipinski definition) is 4. The Morgan fingerprint density at radius 2 is 1.24 bits per heavy atom. The molecule has 0 aromatic rings. The van der Waals surface area contributed by atoms with Crippen molar-refractivity contribution in [3.63, 3.8) is 0 Å². The third-order valence-electron chi connectivity index (χ3n) is 3.73. The lowest BCUT2D eigenvalue weighted by molar-refractivity contribution is -0.214. The van der Waals surface area contributed by atoms with Gasteiger partial charge in [0.15, 0.2) is 0 Å². The Bertz CT molecular complexity index is 472. The fraction of sp³-hybridized carbons (Fsp3) is 0.889. The first kappa shape index (κ1) is 23.7. The second kappa shape index (κ2) is 7.96. The highest BCUT2D eigenvalue weighted by Crippen LogP contribution is 2.43. The summed E-state index contributed by atoms with van der Waals surface area (Å²) in [6.07, 6.45) is -5.33. The van der Waals surface area contributed by atoms with Crippen molar-refractivity contribution in [1.29, 1.82) is 0 Å². The highest BCUT2D eigenvalue weighted by atomic mass is 19.4. The summed E-state index contributed by atoms with van der Waals surface area (Å²) < 4.78 is 49.9. The molecule has 7 heteroatoms. The van der Waals surface area contributed by atoms with E-state index in [-0.39, 0.29) is 18.6 Å². The van der Waals surface area contributed by atoms with E-state index in [9.17, 15) is 22.8 Å². The van der Waals surface area contributed by atoms with Gasteiger partial charge in [-0.2, -0.15) is 13.2 Å². The lowest BCUT2D eigenvalue weighted by atomic mass is 9.74. The Balaban J connectivity index is 5.34. The average Bonchev–Trinajstić information content (AvgIpc) is 2.38. The predicted molar refractivity (Wildman–Crippen MR) is 88.8 cm³/mol. The minimum absolute atomic E-state index is 0.0387. The van der Waals surface area contributed by atoms with Gasteiger partial charge in [0.05, 0.1) is 31.0 Å². The minimum Gasteiger partial charge on any atom is -0.465 e. The lowest BCUT2D eigenvalue weighted by Gasteiger charge is -2.34. The number of alkyl halides is 3. The van der Waals surface area contributed by atoms with Crippen molar-refractivity contribution in [3.8, 4) is 0 Å². The molecular formula is C18H31F3O4. The van der Waals surface area contributed by atoms with Crippen LogP contribution >= 0.6 is 0 Å². The lowest BCUT2D eigenvalue weighted by Crippen LogP contribution is -2.45. The van der Waals surface area contributed by atoms with E-state index in [0.717, 1.165) is 13.8 Å². The van der Waals surface area contributed by atoms with E-state index in [2.05, 4.69) is 0 Å². The molecule has 2 unspecified atom stereocenters. The third kappa shape index (κ3) is 8.59. The molecule has 0 saturated carbocycles. The molecule has 0 spiro atoms. The zero-order valence-corrected chi connectivity index (χ0v) is 16.5. The summed E-state index contributed by atoms with van der Waals surface area (Å²) in [5.41, 5.74) is -2.77. The van der Waals surface area contributed by atoms with Crippen molar-refractivity contribution < 1.29 is 32.2 Å². The smallest absolute Gasteiger partial charge is 0.392 e. The van der Waals surface area contributed by atoms with E-state index in [0.29, 0.717) is 0 Å². The van der Waals surface area contributed by atoms with Gasteiger partial charge in [0.25, 0.3) is 0 Å². The van der Waals surface area contributed by atoms with E-state index >= 15 is 0 Å². The van der Waals surface area contributed by atoms with Gasteiger partial charge in [-0.25, -0.2) is 0 Å². The van der Waals surface area contributed by atoms with Crippen molar-refractivity contribution in [2.75, 3.05) is 13.2 Å². The quantitative estimate of drug-likeness (QED) is 0.634. The number of carbonyl (C=O) groups is 2. The van der Waals surface area contributed by atoms with Gasteiger partial charge in [-0.3, -0.25) is 9.59 Å². The molecule has 4 nitrogen and oxygen atoms in total. The van der Waals surface area contributed by atoms with E-state index < -0.39 is 41.3 Å². The number of rotatable bonds is 6. The first-order valence-electron chi connectivity index (χ1n) is 8.28. The zero-order chi connectivity index (χ0) is 20.3. The molecule has 0 fully saturated rings. The van der Waals surface area contributed by atoms with Crippen LogP contribution in [0.5, 0.6) is 0 Å². The van der Waals surface area contributed by atoms with Gasteiger partial charge in [0.1, 0.15) is 0 Å². The zero-order valence-electron chi connectivity index (χ0n) is 16.5. The Labute approximate surface area is 148 Å². The average molecular weight is 368 g/mol. The van der Waals surface area contributed by atoms with Gasteiger partial charge < -0.3 is 9.47 Å². The monoisotopic (exact) mass is 368 g/mol. The molecule has 0 rings (SSSR count). The molecule has 0 aliphatic carbocycles. The summed E-state index contributed by atoms with van der Waals surface area (Å²) in [5, 5.41) is 0. The van der Waals surface area contributed by atoms with Gasteiger partial charge in [0, 0.05) is 0 Å². The minimum atomic E-state index is -4.64. The van der Waals surface area contributed by atoms with E-state index in [4.69, 9.17) is 9.47 Å². The molecule has 0 aliphatic rings. The van der Waals surface area contributed by atoms with Crippen LogP contribution < -0.4 is 0 Å². The van der Waals surface area contributed by atoms with Crippen molar-refractivity contribution in [2.45, 2.75) is 68.0 Å². The summed E-state index contributed by atoms with van der Waals surface area (Å²) >= 11 is 0. The van der Waals surface area contributed by atoms with Crippen LogP contribution in [-0.2, 0) is 19.1 Å². The molecule has 0 aromatic heterocycles. The van der Waals surface area contributed by atoms with Crippen molar-refractivity contribution in [1.82, 2.24) is 0 Å². The summed E-state index contributed by atoms with van der Waals surface area (Å²) in [6.45, 7) is 12.9. The summed E-state index contributed by atoms with van der Waals surface area (Å²) in [6, 6.07) is 0. The molecule has 148 valence electrons. The Morgan fingerprint density at radius 1 is 0.840 bits per heavy atom. The molecule has 0 amide bonds. The van der Waals surface area contributed by atoms with Crippen LogP contribution in [0, 0.1) is 22.2 Å². The largest absolute Gasteiger partial charge is 0.465 e. The number of hydrogen-bond donors (Lipinski definition) is 0. The topological polar surface area (TPSA) is 52.6 Å². The van der Waals surface area contributed by atoms with E-state index in [1.807, 2.05) is 20.8 Å². The van der Waals surface area contributed by atoms with E-state index in [1.54, 1.807) is 20.8 Å². The molecule has 0 N–H and O–H groups in total. The summed E-state index contributed by atoms with van der Waals surface area (Å²) in [4.78, 5) is 24.5. The standard InChI is InChI=1S/C18H31F3O4/c1-12(18(19,20)21)17(8,14(23)25-11-16(5,6)7)9-13(22)24-10-15(2,3)4/h12H,9-11H2,1-8H3. The molecule has 2 atom stereocenters. The van der Waals surface area contributed by atoms with Gasteiger partial charge >= 0.3 is 18.1 Å². The first-order valence-corrected chi connectivity index (χ1v) is 8.28. The Morgan fingerprint density at radius 3 is 1.60 bits per heavy atom. The van der Waals surface area contributed by atoms with Crippen LogP contribution in [0.25, 0.3) is 0 Å². The normalized spacial score (nSPS) is 16.8. The molecule has 0 heterocycles. The molecule has 0 saturated heterocycles. The highest BCUT2D eigenvalue weighted by molar-refractivity contribution is 5.83. The van der Waals surface area contributed by atoms with Crippen molar-refractivity contribution >= 4 is 11.9 Å². The second-order valence-corrected chi connectivity index (χ2v) is 9.22. The number of ether oxygens (including phenoxy) is 2. The van der Waals surface area contributed by atoms with Gasteiger partial charge in [0.2, 0.25) is 0 Å². The van der Waals surface area contributed by atoms with Crippen molar-refractivity contribution in [2.24, 2.45) is 22.2 Å². The van der Waals surface area contributed by atoms with Gasteiger partial charge in [-0.15, -0.1) is 0 Å². The first-order chi connectivity index (χ1) is 10.9. The predicted octanol–water partition coefficient (Wildman–Crippen LogP) is 4.76. The van der Waals surface area contributed by atoms with Crippen LogP contribution in [0.15, 0.2) is 0 Å². The highest BCUT2D eigenvalue weighted by Gasteiger charge is 2.54.